The summed E-state index contributed by atoms with van der Waals surface area (Å²) < 4.78 is 7.81. The lowest BCUT2D eigenvalue weighted by Gasteiger charge is -2.05. The van der Waals surface area contributed by atoms with Crippen LogP contribution in [0.25, 0.3) is 16.0 Å². The molecular formula is C20H17N3O2S. The van der Waals surface area contributed by atoms with Crippen molar-refractivity contribution in [3.63, 3.8) is 0 Å². The number of thiophene rings is 1. The Morgan fingerprint density at radius 1 is 1.12 bits per heavy atom. The summed E-state index contributed by atoms with van der Waals surface area (Å²) >= 11 is 1.31. The number of rotatable bonds is 6. The normalized spacial score (nSPS) is 10.9. The first kappa shape index (κ1) is 16.4. The Labute approximate surface area is 154 Å². The van der Waals surface area contributed by atoms with Crippen LogP contribution >= 0.6 is 11.3 Å². The number of carbonyl (C=O) groups excluding carboxylic acids is 1. The molecule has 0 spiro atoms. The average molecular weight is 363 g/mol. The molecule has 2 heterocycles. The lowest BCUT2D eigenvalue weighted by atomic mass is 10.2. The molecule has 26 heavy (non-hydrogen) atoms. The predicted octanol–water partition coefficient (Wildman–Crippen LogP) is 3.81. The van der Waals surface area contributed by atoms with E-state index in [1.165, 1.54) is 16.9 Å². The third-order valence-electron chi connectivity index (χ3n) is 4.09. The molecule has 4 aromatic rings. The van der Waals surface area contributed by atoms with Gasteiger partial charge in [0, 0.05) is 12.5 Å². The molecule has 130 valence electrons. The number of fused-ring (bicyclic) bond motifs is 1. The Hall–Kier alpha value is -3.12. The number of nitrogens with two attached hydrogens (primary N) is 1. The van der Waals surface area contributed by atoms with E-state index in [0.29, 0.717) is 17.2 Å². The Kier molecular flexibility index (Phi) is 4.41. The number of hydrogen-bond acceptors (Lipinski definition) is 4. The van der Waals surface area contributed by atoms with Crippen LogP contribution in [-0.2, 0) is 6.42 Å². The van der Waals surface area contributed by atoms with E-state index in [1.54, 1.807) is 6.33 Å². The Morgan fingerprint density at radius 3 is 2.69 bits per heavy atom. The fraction of sp³-hybridized carbons (Fsp3) is 0.100. The number of imidazole rings is 1. The quantitative estimate of drug-likeness (QED) is 0.566. The van der Waals surface area contributed by atoms with Crippen molar-refractivity contribution in [2.45, 2.75) is 6.42 Å². The number of primary amides is 1. The van der Waals surface area contributed by atoms with Crippen molar-refractivity contribution in [2.24, 2.45) is 5.73 Å². The van der Waals surface area contributed by atoms with Gasteiger partial charge in [0.05, 0.1) is 17.6 Å². The van der Waals surface area contributed by atoms with Gasteiger partial charge in [-0.05, 0) is 17.7 Å². The smallest absolute Gasteiger partial charge is 0.262 e. The molecule has 0 unspecified atom stereocenters. The highest BCUT2D eigenvalue weighted by Gasteiger charge is 2.17. The first-order chi connectivity index (χ1) is 12.7. The highest BCUT2D eigenvalue weighted by molar-refractivity contribution is 7.16. The monoisotopic (exact) mass is 363 g/mol. The standard InChI is InChI=1S/C20H17N3O2S/c21-20(24)19-17(25-11-10-14-6-2-1-3-7-14)12-18(26-19)23-13-22-15-8-4-5-9-16(15)23/h1-9,12-13H,10-11H2,(H2,21,24). The summed E-state index contributed by atoms with van der Waals surface area (Å²) in [5, 5.41) is 0.849. The van der Waals surface area contributed by atoms with Crippen molar-refractivity contribution < 1.29 is 9.53 Å². The molecule has 0 atom stereocenters. The molecule has 1 amide bonds. The first-order valence-electron chi connectivity index (χ1n) is 8.25. The fourth-order valence-electron chi connectivity index (χ4n) is 2.82. The van der Waals surface area contributed by atoms with Gasteiger partial charge in [0.2, 0.25) is 0 Å². The van der Waals surface area contributed by atoms with Crippen LogP contribution in [0.5, 0.6) is 5.75 Å². The third kappa shape index (κ3) is 3.19. The van der Waals surface area contributed by atoms with Crippen molar-refractivity contribution in [3.05, 3.63) is 77.4 Å². The van der Waals surface area contributed by atoms with Gasteiger partial charge >= 0.3 is 0 Å². The zero-order valence-electron chi connectivity index (χ0n) is 14.0. The summed E-state index contributed by atoms with van der Waals surface area (Å²) in [6, 6.07) is 19.8. The molecule has 4 rings (SSSR count). The topological polar surface area (TPSA) is 70.1 Å². The van der Waals surface area contributed by atoms with Gasteiger partial charge in [-0.3, -0.25) is 9.36 Å². The Balaban J connectivity index is 1.60. The molecule has 0 radical (unpaired) electrons. The van der Waals surface area contributed by atoms with Gasteiger partial charge < -0.3 is 10.5 Å². The highest BCUT2D eigenvalue weighted by atomic mass is 32.1. The number of nitrogens with zero attached hydrogens (tertiary/aromatic N) is 2. The van der Waals surface area contributed by atoms with Crippen LogP contribution in [0, 0.1) is 0 Å². The van der Waals surface area contributed by atoms with E-state index in [-0.39, 0.29) is 0 Å². The maximum Gasteiger partial charge on any atom is 0.262 e. The molecule has 0 aliphatic carbocycles. The second-order valence-corrected chi connectivity index (χ2v) is 6.86. The van der Waals surface area contributed by atoms with E-state index in [1.807, 2.05) is 53.1 Å². The van der Waals surface area contributed by atoms with E-state index in [2.05, 4.69) is 17.1 Å². The molecule has 0 aliphatic heterocycles. The SMILES string of the molecule is NC(=O)c1sc(-n2cnc3ccccc32)cc1OCCc1ccccc1. The molecule has 0 fully saturated rings. The molecule has 0 saturated carbocycles. The second-order valence-electron chi connectivity index (χ2n) is 5.83. The summed E-state index contributed by atoms with van der Waals surface area (Å²) in [5.41, 5.74) is 8.60. The van der Waals surface area contributed by atoms with Crippen molar-refractivity contribution in [1.82, 2.24) is 9.55 Å². The molecule has 0 aliphatic rings. The zero-order chi connectivity index (χ0) is 17.9. The first-order valence-corrected chi connectivity index (χ1v) is 9.07. The number of benzene rings is 2. The van der Waals surface area contributed by atoms with Crippen molar-refractivity contribution in [1.29, 1.82) is 0 Å². The van der Waals surface area contributed by atoms with Gasteiger partial charge in [-0.2, -0.15) is 0 Å². The van der Waals surface area contributed by atoms with Gasteiger partial charge in [-0.25, -0.2) is 4.98 Å². The fourth-order valence-corrected chi connectivity index (χ4v) is 3.76. The van der Waals surface area contributed by atoms with Crippen molar-refractivity contribution >= 4 is 28.3 Å². The van der Waals surface area contributed by atoms with Crippen LogP contribution in [-0.4, -0.2) is 22.1 Å². The lowest BCUT2D eigenvalue weighted by molar-refractivity contribution is 0.100. The summed E-state index contributed by atoms with van der Waals surface area (Å²) in [4.78, 5) is 16.6. The molecule has 6 heteroatoms. The van der Waals surface area contributed by atoms with Gasteiger partial charge in [0.25, 0.3) is 5.91 Å². The van der Waals surface area contributed by atoms with Gasteiger partial charge in [-0.1, -0.05) is 42.5 Å². The highest BCUT2D eigenvalue weighted by Crippen LogP contribution is 2.33. The predicted molar refractivity (Wildman–Crippen MR) is 103 cm³/mol. The van der Waals surface area contributed by atoms with E-state index in [0.717, 1.165) is 22.5 Å². The van der Waals surface area contributed by atoms with Crippen LogP contribution in [0.1, 0.15) is 15.2 Å². The van der Waals surface area contributed by atoms with Gasteiger partial charge in [0.15, 0.2) is 0 Å². The Morgan fingerprint density at radius 2 is 1.88 bits per heavy atom. The minimum Gasteiger partial charge on any atom is -0.491 e. The minimum absolute atomic E-state index is 0.422. The number of hydrogen-bond donors (Lipinski definition) is 1. The van der Waals surface area contributed by atoms with Crippen molar-refractivity contribution in [3.8, 4) is 10.8 Å². The van der Waals surface area contributed by atoms with Crippen LogP contribution in [0.4, 0.5) is 0 Å². The van der Waals surface area contributed by atoms with Crippen LogP contribution in [0.2, 0.25) is 0 Å². The van der Waals surface area contributed by atoms with Crippen LogP contribution < -0.4 is 10.5 Å². The second kappa shape index (κ2) is 7.01. The molecule has 2 aromatic heterocycles. The maximum atomic E-state index is 11.8. The maximum absolute atomic E-state index is 11.8. The number of aromatic nitrogens is 2. The summed E-state index contributed by atoms with van der Waals surface area (Å²) in [7, 11) is 0. The number of carbonyl (C=O) groups is 1. The van der Waals surface area contributed by atoms with Crippen molar-refractivity contribution in [2.75, 3.05) is 6.61 Å². The molecule has 2 N–H and O–H groups in total. The molecule has 5 nitrogen and oxygen atoms in total. The van der Waals surface area contributed by atoms with Crippen LogP contribution in [0.15, 0.2) is 67.0 Å². The summed E-state index contributed by atoms with van der Waals surface area (Å²) in [6.45, 7) is 0.477. The molecule has 0 saturated heterocycles. The summed E-state index contributed by atoms with van der Waals surface area (Å²) in [5.74, 6) is 0.0339. The van der Waals surface area contributed by atoms with Crippen LogP contribution in [0.3, 0.4) is 0 Å². The van der Waals surface area contributed by atoms with Gasteiger partial charge in [-0.15, -0.1) is 11.3 Å². The van der Waals surface area contributed by atoms with E-state index in [4.69, 9.17) is 10.5 Å². The summed E-state index contributed by atoms with van der Waals surface area (Å²) in [6.07, 6.45) is 2.51. The Bertz CT molecular complexity index is 1050. The molecule has 0 bridgehead atoms. The van der Waals surface area contributed by atoms with Gasteiger partial charge in [0.1, 0.15) is 22.0 Å². The van der Waals surface area contributed by atoms with E-state index in [9.17, 15) is 4.79 Å². The molecular weight excluding hydrogens is 346 g/mol. The number of amides is 1. The van der Waals surface area contributed by atoms with E-state index >= 15 is 0 Å². The largest absolute Gasteiger partial charge is 0.491 e. The minimum atomic E-state index is -0.486. The third-order valence-corrected chi connectivity index (χ3v) is 5.22. The zero-order valence-corrected chi connectivity index (χ0v) is 14.8. The number of para-hydroxylation sites is 2. The molecule has 2 aromatic carbocycles. The van der Waals surface area contributed by atoms with E-state index < -0.39 is 5.91 Å². The lowest BCUT2D eigenvalue weighted by Crippen LogP contribution is -2.11. The average Bonchev–Trinajstić information content (AvgIpc) is 3.26. The number of ether oxygens (including phenoxy) is 1.